The quantitative estimate of drug-likeness (QED) is 0.592. The highest BCUT2D eigenvalue weighted by Crippen LogP contribution is 2.26. The van der Waals surface area contributed by atoms with E-state index < -0.39 is 9.84 Å². The third-order valence-corrected chi connectivity index (χ3v) is 6.75. The fourth-order valence-electron chi connectivity index (χ4n) is 2.81. The molecule has 6 nitrogen and oxygen atoms in total. The maximum absolute atomic E-state index is 11.5. The first-order valence-electron chi connectivity index (χ1n) is 6.67. The number of rotatable bonds is 5. The molecule has 0 aromatic carbocycles. The first-order chi connectivity index (χ1) is 9.32. The van der Waals surface area contributed by atoms with Crippen molar-refractivity contribution in [2.75, 3.05) is 11.5 Å². The van der Waals surface area contributed by atoms with Crippen LogP contribution in [0.5, 0.6) is 0 Å². The molecule has 1 fully saturated rings. The number of nitrogens with two attached hydrogens (primary N) is 1. The summed E-state index contributed by atoms with van der Waals surface area (Å²) in [6.07, 6.45) is 2.24. The van der Waals surface area contributed by atoms with Crippen molar-refractivity contribution in [2.45, 2.75) is 32.2 Å². The molecule has 2 atom stereocenters. The summed E-state index contributed by atoms with van der Waals surface area (Å²) in [4.78, 5) is 0. The Hall–Kier alpha value is -0.440. The Balaban J connectivity index is 2.03. The normalized spacial score (nSPS) is 23.1. The van der Waals surface area contributed by atoms with Gasteiger partial charge in [-0.15, -0.1) is 0 Å². The minimum Gasteiger partial charge on any atom is -0.271 e. The molecule has 0 spiro atoms. The Kier molecular flexibility index (Phi) is 4.88. The molecule has 2 rings (SSSR count). The van der Waals surface area contributed by atoms with Gasteiger partial charge in [0.25, 0.3) is 0 Å². The van der Waals surface area contributed by atoms with Gasteiger partial charge < -0.3 is 0 Å². The molecule has 1 aliphatic rings. The monoisotopic (exact) mass is 364 g/mol. The first kappa shape index (κ1) is 15.9. The number of halogens is 1. The van der Waals surface area contributed by atoms with Gasteiger partial charge in [-0.25, -0.2) is 8.42 Å². The summed E-state index contributed by atoms with van der Waals surface area (Å²) in [5.74, 6) is 6.43. The van der Waals surface area contributed by atoms with Crippen molar-refractivity contribution in [3.63, 3.8) is 0 Å². The van der Waals surface area contributed by atoms with Gasteiger partial charge in [0, 0.05) is 19.5 Å². The molecule has 1 aromatic heterocycles. The average Bonchev–Trinajstić information content (AvgIpc) is 2.82. The molecule has 0 bridgehead atoms. The highest BCUT2D eigenvalue weighted by atomic mass is 79.9. The van der Waals surface area contributed by atoms with Crippen molar-refractivity contribution in [2.24, 2.45) is 18.8 Å². The van der Waals surface area contributed by atoms with Crippen LogP contribution < -0.4 is 11.3 Å². The second-order valence-corrected chi connectivity index (χ2v) is 8.56. The van der Waals surface area contributed by atoms with E-state index in [-0.39, 0.29) is 17.7 Å². The third-order valence-electron chi connectivity index (χ3n) is 3.88. The molecule has 1 aliphatic heterocycles. The third kappa shape index (κ3) is 3.60. The number of aromatic nitrogens is 2. The molecule has 8 heteroatoms. The van der Waals surface area contributed by atoms with Gasteiger partial charge in [-0.3, -0.25) is 16.0 Å². The van der Waals surface area contributed by atoms with E-state index in [1.54, 1.807) is 0 Å². The lowest BCUT2D eigenvalue weighted by Crippen LogP contribution is -2.39. The van der Waals surface area contributed by atoms with Crippen LogP contribution in [-0.4, -0.2) is 35.7 Å². The van der Waals surface area contributed by atoms with Crippen molar-refractivity contribution in [3.05, 3.63) is 15.9 Å². The van der Waals surface area contributed by atoms with E-state index in [1.165, 1.54) is 0 Å². The molecule has 0 aliphatic carbocycles. The van der Waals surface area contributed by atoms with Crippen molar-refractivity contribution in [3.8, 4) is 0 Å². The van der Waals surface area contributed by atoms with Gasteiger partial charge in [-0.2, -0.15) is 5.10 Å². The van der Waals surface area contributed by atoms with Crippen molar-refractivity contribution in [1.29, 1.82) is 0 Å². The second-order valence-electron chi connectivity index (χ2n) is 5.54. The lowest BCUT2D eigenvalue weighted by Gasteiger charge is -2.19. The van der Waals surface area contributed by atoms with E-state index in [0.29, 0.717) is 5.75 Å². The van der Waals surface area contributed by atoms with E-state index >= 15 is 0 Å². The van der Waals surface area contributed by atoms with Crippen LogP contribution in [-0.2, 0) is 23.3 Å². The zero-order valence-electron chi connectivity index (χ0n) is 11.8. The standard InChI is InChI=1S/C12H21BrN4O2S/c1-8-12(13)11(17(2)16-8)6-10(15-14)5-9-3-4-20(18,19)7-9/h9-10,15H,3-7,14H2,1-2H3. The van der Waals surface area contributed by atoms with Gasteiger partial charge in [0.15, 0.2) is 9.84 Å². The van der Waals surface area contributed by atoms with Gasteiger partial charge in [0.1, 0.15) is 0 Å². The number of hydrazine groups is 1. The molecule has 0 amide bonds. The number of hydrogen-bond donors (Lipinski definition) is 2. The van der Waals surface area contributed by atoms with Crippen LogP contribution >= 0.6 is 15.9 Å². The molecule has 3 N–H and O–H groups in total. The fourth-order valence-corrected chi connectivity index (χ4v) is 5.18. The molecule has 0 radical (unpaired) electrons. The molecule has 1 saturated heterocycles. The molecule has 114 valence electrons. The van der Waals surface area contributed by atoms with E-state index in [4.69, 9.17) is 5.84 Å². The number of hydrogen-bond acceptors (Lipinski definition) is 5. The topological polar surface area (TPSA) is 90.0 Å². The summed E-state index contributed by atoms with van der Waals surface area (Å²) in [7, 11) is -0.926. The van der Waals surface area contributed by atoms with E-state index in [9.17, 15) is 8.42 Å². The van der Waals surface area contributed by atoms with Crippen LogP contribution in [0.15, 0.2) is 4.47 Å². The maximum atomic E-state index is 11.5. The van der Waals surface area contributed by atoms with Crippen LogP contribution in [0.4, 0.5) is 0 Å². The number of nitrogens with zero attached hydrogens (tertiary/aromatic N) is 2. The van der Waals surface area contributed by atoms with Crippen LogP contribution in [0.3, 0.4) is 0 Å². The maximum Gasteiger partial charge on any atom is 0.150 e. The smallest absolute Gasteiger partial charge is 0.150 e. The lowest BCUT2D eigenvalue weighted by molar-refractivity contribution is 0.401. The van der Waals surface area contributed by atoms with E-state index in [0.717, 1.165) is 35.1 Å². The number of nitrogens with one attached hydrogen (secondary N) is 1. The van der Waals surface area contributed by atoms with Crippen molar-refractivity contribution < 1.29 is 8.42 Å². The summed E-state index contributed by atoms with van der Waals surface area (Å²) in [5, 5.41) is 4.36. The summed E-state index contributed by atoms with van der Waals surface area (Å²) >= 11 is 3.54. The summed E-state index contributed by atoms with van der Waals surface area (Å²) in [5.41, 5.74) is 4.83. The van der Waals surface area contributed by atoms with Crippen molar-refractivity contribution >= 4 is 25.8 Å². The lowest BCUT2D eigenvalue weighted by atomic mass is 9.96. The van der Waals surface area contributed by atoms with Gasteiger partial charge >= 0.3 is 0 Å². The Morgan fingerprint density at radius 1 is 1.60 bits per heavy atom. The first-order valence-corrected chi connectivity index (χ1v) is 9.28. The molecular formula is C12H21BrN4O2S. The fraction of sp³-hybridized carbons (Fsp3) is 0.750. The molecule has 0 saturated carbocycles. The highest BCUT2D eigenvalue weighted by Gasteiger charge is 2.30. The largest absolute Gasteiger partial charge is 0.271 e. The summed E-state index contributed by atoms with van der Waals surface area (Å²) in [6, 6.07) is 0.0550. The van der Waals surface area contributed by atoms with Gasteiger partial charge in [-0.05, 0) is 41.6 Å². The zero-order chi connectivity index (χ0) is 14.9. The van der Waals surface area contributed by atoms with Crippen LogP contribution in [0.1, 0.15) is 24.2 Å². The Labute approximate surface area is 128 Å². The SMILES string of the molecule is Cc1nn(C)c(CC(CC2CCS(=O)(=O)C2)NN)c1Br. The summed E-state index contributed by atoms with van der Waals surface area (Å²) in [6.45, 7) is 1.95. The van der Waals surface area contributed by atoms with Crippen LogP contribution in [0.25, 0.3) is 0 Å². The van der Waals surface area contributed by atoms with E-state index in [2.05, 4.69) is 26.5 Å². The minimum absolute atomic E-state index is 0.0550. The number of sulfone groups is 1. The van der Waals surface area contributed by atoms with Crippen molar-refractivity contribution in [1.82, 2.24) is 15.2 Å². The Bertz CT molecular complexity index is 585. The highest BCUT2D eigenvalue weighted by molar-refractivity contribution is 9.10. The predicted molar refractivity (Wildman–Crippen MR) is 81.8 cm³/mol. The van der Waals surface area contributed by atoms with Gasteiger partial charge in [0.2, 0.25) is 0 Å². The predicted octanol–water partition coefficient (Wildman–Crippen LogP) is 0.690. The Morgan fingerprint density at radius 3 is 2.75 bits per heavy atom. The number of aryl methyl sites for hydroxylation is 2. The van der Waals surface area contributed by atoms with Gasteiger partial charge in [0.05, 0.1) is 27.4 Å². The van der Waals surface area contributed by atoms with Gasteiger partial charge in [-0.1, -0.05) is 0 Å². The molecule has 1 aromatic rings. The summed E-state index contributed by atoms with van der Waals surface area (Å²) < 4.78 is 25.9. The van der Waals surface area contributed by atoms with Crippen LogP contribution in [0, 0.1) is 12.8 Å². The average molecular weight is 365 g/mol. The molecule has 2 unspecified atom stereocenters. The molecular weight excluding hydrogens is 344 g/mol. The molecule has 20 heavy (non-hydrogen) atoms. The second kappa shape index (κ2) is 6.13. The van der Waals surface area contributed by atoms with E-state index in [1.807, 2.05) is 18.7 Å². The zero-order valence-corrected chi connectivity index (χ0v) is 14.2. The molecule has 2 heterocycles. The Morgan fingerprint density at radius 2 is 2.30 bits per heavy atom. The minimum atomic E-state index is -2.83. The van der Waals surface area contributed by atoms with Crippen LogP contribution in [0.2, 0.25) is 0 Å².